The van der Waals surface area contributed by atoms with Crippen molar-refractivity contribution in [2.45, 2.75) is 165 Å². The van der Waals surface area contributed by atoms with Crippen molar-refractivity contribution in [3.05, 3.63) is 83.2 Å². The molecule has 12 atom stereocenters. The summed E-state index contributed by atoms with van der Waals surface area (Å²) < 4.78 is 162. The van der Waals surface area contributed by atoms with E-state index in [1.54, 1.807) is 0 Å². The van der Waals surface area contributed by atoms with Gasteiger partial charge in [-0.2, -0.15) is 41.6 Å². The van der Waals surface area contributed by atoms with Gasteiger partial charge in [0.25, 0.3) is 6.43 Å². The van der Waals surface area contributed by atoms with Gasteiger partial charge >= 0.3 is 18.7 Å². The van der Waals surface area contributed by atoms with E-state index in [4.69, 9.17) is 36.9 Å². The first-order valence-corrected chi connectivity index (χ1v) is 33.2. The van der Waals surface area contributed by atoms with Crippen LogP contribution in [0.15, 0.2) is 55.0 Å². The van der Waals surface area contributed by atoms with Crippen LogP contribution in [-0.4, -0.2) is 150 Å². The van der Waals surface area contributed by atoms with E-state index in [2.05, 4.69) is 64.5 Å². The molecule has 0 bridgehead atoms. The van der Waals surface area contributed by atoms with Crippen molar-refractivity contribution in [2.24, 2.45) is 41.4 Å². The quantitative estimate of drug-likeness (QED) is 0.0625. The standard InChI is InChI=1S/C23H28F3N5O.C23H30F3N5O.C20H24F5N5O/c24-23(25,26)18-7-14(11-28-22(18)27)19-10-20(31(29-19)12-13-1-2-13)21-16-8-15(9-17(16)21)30-3-5-32-6-4-30;1-13(2)31-20(21-17-8-16(9-18(17)21)30-3-5-32-6-4-30)10-19(29-31)15-7-14(11-23(24,25)26)22(27)28-12-15;1-9(2)30-15(18-12-4-11(5-13(12)18)27-8-17(21)22)6-14(29-30)10-3-16(19(26)28-7-10)31-20(23,24)25/h7,10-11,13,15-17,21H,1-6,8-9,12H2,(H2,27,28);7,10,12-13,16-18,21H,3-6,8-9,11H2,1-2H3,(H2,27,28);3,6-7,9,11-13,17-18,27H,4-5,8H2,1-2H3,(H2,26,28)/t15?,16-,17+,21?;16?,17-,18+,21?;11?,12-,13+,18?. The molecule has 7 saturated carbocycles. The third-order valence-electron chi connectivity index (χ3n) is 21.1. The van der Waals surface area contributed by atoms with Crippen molar-refractivity contribution in [2.75, 3.05) is 76.4 Å². The summed E-state index contributed by atoms with van der Waals surface area (Å²) in [4.78, 5) is 16.8. The minimum absolute atomic E-state index is 0.00714. The summed E-state index contributed by atoms with van der Waals surface area (Å²) in [6.07, 6.45) is -4.05. The molecule has 2 aliphatic heterocycles. The number of pyridine rings is 3. The summed E-state index contributed by atoms with van der Waals surface area (Å²) in [5.41, 5.74) is 22.2. The number of ether oxygens (including phenoxy) is 3. The SMILES string of the molecule is CC(C)n1nc(-c2cnc(N)c(CC(F)(F)F)c2)cc1C1[C@H]2CC(N3CCOCC3)C[C@@H]12.CC(C)n1nc(-c2cnc(N)c(OC(F)(F)F)c2)cc1C1[C@H]2CC(NCC(F)F)C[C@@H]12.Nc1ncc(-c2cc(C3[C@H]4CC(N5CCOCC5)C[C@@H]34)n(CC3CC3)n2)cc1C(F)(F)F. The third kappa shape index (κ3) is 14.9. The largest absolute Gasteiger partial charge is 0.573 e. The van der Waals surface area contributed by atoms with E-state index in [1.165, 1.54) is 80.6 Å². The molecule has 9 aliphatic rings. The number of morpholine rings is 2. The monoisotopic (exact) mass is 1340 g/mol. The number of nitrogens with one attached hydrogen (secondary N) is 1. The lowest BCUT2D eigenvalue weighted by Crippen LogP contribution is -2.43. The summed E-state index contributed by atoms with van der Waals surface area (Å²) in [5.74, 6) is 3.76. The summed E-state index contributed by atoms with van der Waals surface area (Å²) >= 11 is 0. The van der Waals surface area contributed by atoms with Crippen LogP contribution in [0.3, 0.4) is 0 Å². The highest BCUT2D eigenvalue weighted by Crippen LogP contribution is 2.66. The fraction of sp³-hybridized carbons (Fsp3) is 0.636. The molecule has 0 aromatic carbocycles. The molecule has 9 fully saturated rings. The second kappa shape index (κ2) is 26.3. The van der Waals surface area contributed by atoms with Gasteiger partial charge in [0.15, 0.2) is 11.6 Å². The normalized spacial score (nSPS) is 28.1. The van der Waals surface area contributed by atoms with E-state index in [0.29, 0.717) is 99.1 Å². The first-order chi connectivity index (χ1) is 45.1. The van der Waals surface area contributed by atoms with Crippen molar-refractivity contribution in [3.63, 3.8) is 0 Å². The molecule has 0 radical (unpaired) electrons. The molecular weight excluding hydrogens is 1260 g/mol. The van der Waals surface area contributed by atoms with Gasteiger partial charge in [0.05, 0.1) is 62.0 Å². The topological polar surface area (TPSA) is 216 Å². The van der Waals surface area contributed by atoms with Gasteiger partial charge < -0.3 is 36.7 Å². The molecule has 7 aliphatic carbocycles. The third-order valence-corrected chi connectivity index (χ3v) is 21.1. The first-order valence-electron chi connectivity index (χ1n) is 33.2. The van der Waals surface area contributed by atoms with Crippen LogP contribution < -0.4 is 27.3 Å². The first kappa shape index (κ1) is 66.9. The van der Waals surface area contributed by atoms with Crippen molar-refractivity contribution in [1.82, 2.24) is 59.4 Å². The molecule has 18 nitrogen and oxygen atoms in total. The smallest absolute Gasteiger partial charge is 0.402 e. The van der Waals surface area contributed by atoms with Gasteiger partial charge in [0.2, 0.25) is 0 Å². The molecule has 6 aromatic heterocycles. The van der Waals surface area contributed by atoms with Gasteiger partial charge in [-0.25, -0.2) is 23.7 Å². The summed E-state index contributed by atoms with van der Waals surface area (Å²) in [6, 6.07) is 11.3. The second-order valence-corrected chi connectivity index (χ2v) is 28.0. The van der Waals surface area contributed by atoms with E-state index in [9.17, 15) is 48.3 Å². The molecule has 6 unspecified atom stereocenters. The number of nitrogens with zero attached hydrogens (tertiary/aromatic N) is 11. The van der Waals surface area contributed by atoms with Crippen molar-refractivity contribution < 1.29 is 62.5 Å². The number of hydrogen-bond acceptors (Lipinski definition) is 15. The minimum Gasteiger partial charge on any atom is -0.402 e. The second-order valence-electron chi connectivity index (χ2n) is 28.0. The molecule has 0 amide bonds. The fourth-order valence-corrected chi connectivity index (χ4v) is 16.3. The average Bonchev–Trinajstić information content (AvgIpc) is 1.58. The minimum atomic E-state index is -4.88. The lowest BCUT2D eigenvalue weighted by molar-refractivity contribution is -0.274. The number of halogens is 11. The zero-order chi connectivity index (χ0) is 67.2. The number of rotatable bonds is 17. The van der Waals surface area contributed by atoms with Gasteiger partial charge in [0, 0.05) is 139 Å². The van der Waals surface area contributed by atoms with E-state index >= 15 is 0 Å². The number of alkyl halides is 11. The molecule has 95 heavy (non-hydrogen) atoms. The Labute approximate surface area is 543 Å². The molecule has 516 valence electrons. The number of nitrogen functional groups attached to an aromatic ring is 3. The molecule has 15 rings (SSSR count). The summed E-state index contributed by atoms with van der Waals surface area (Å²) in [7, 11) is 0. The Hall–Kier alpha value is -6.69. The van der Waals surface area contributed by atoms with E-state index < -0.39 is 48.7 Å². The van der Waals surface area contributed by atoms with Crippen LogP contribution in [0.1, 0.15) is 137 Å². The Balaban J connectivity index is 0.000000129. The maximum Gasteiger partial charge on any atom is 0.573 e. The molecular formula is C66H82F11N15O3. The van der Waals surface area contributed by atoms with Gasteiger partial charge in [0.1, 0.15) is 11.6 Å². The maximum atomic E-state index is 13.3. The zero-order valence-electron chi connectivity index (χ0n) is 53.4. The van der Waals surface area contributed by atoms with Gasteiger partial charge in [-0.15, -0.1) is 13.2 Å². The Morgan fingerprint density at radius 1 is 0.558 bits per heavy atom. The highest BCUT2D eigenvalue weighted by molar-refractivity contribution is 5.66. The van der Waals surface area contributed by atoms with Crippen molar-refractivity contribution in [3.8, 4) is 39.5 Å². The summed E-state index contributed by atoms with van der Waals surface area (Å²) in [5, 5.41) is 17.0. The number of nitrogens with two attached hydrogens (primary N) is 3. The van der Waals surface area contributed by atoms with Crippen LogP contribution in [0, 0.1) is 41.4 Å². The van der Waals surface area contributed by atoms with E-state index in [1.807, 2.05) is 35.3 Å². The summed E-state index contributed by atoms with van der Waals surface area (Å²) in [6.45, 7) is 16.1. The van der Waals surface area contributed by atoms with Crippen LogP contribution >= 0.6 is 0 Å². The van der Waals surface area contributed by atoms with Crippen LogP contribution in [0.5, 0.6) is 5.75 Å². The van der Waals surface area contributed by atoms with Gasteiger partial charge in [-0.3, -0.25) is 23.8 Å². The van der Waals surface area contributed by atoms with Crippen LogP contribution in [0.25, 0.3) is 33.8 Å². The lowest BCUT2D eigenvalue weighted by Gasteiger charge is -2.33. The number of fused-ring (bicyclic) bond motifs is 3. The van der Waals surface area contributed by atoms with Gasteiger partial charge in [-0.05, 0) is 157 Å². The molecule has 6 aromatic rings. The predicted molar refractivity (Wildman–Crippen MR) is 332 cm³/mol. The predicted octanol–water partition coefficient (Wildman–Crippen LogP) is 12.2. The maximum absolute atomic E-state index is 13.3. The highest BCUT2D eigenvalue weighted by atomic mass is 19.4. The van der Waals surface area contributed by atoms with Crippen LogP contribution in [-0.2, 0) is 28.6 Å². The highest BCUT2D eigenvalue weighted by Gasteiger charge is 2.61. The van der Waals surface area contributed by atoms with Crippen LogP contribution in [0.4, 0.5) is 65.7 Å². The number of aromatic nitrogens is 9. The Kier molecular flexibility index (Phi) is 18.5. The van der Waals surface area contributed by atoms with Crippen molar-refractivity contribution in [1.29, 1.82) is 0 Å². The van der Waals surface area contributed by atoms with Crippen molar-refractivity contribution >= 4 is 17.5 Å². The number of anilines is 3. The van der Waals surface area contributed by atoms with Crippen LogP contribution in [0.2, 0.25) is 0 Å². The molecule has 2 saturated heterocycles. The average molecular weight is 1340 g/mol. The molecule has 7 N–H and O–H groups in total. The van der Waals surface area contributed by atoms with Gasteiger partial charge in [-0.1, -0.05) is 0 Å². The Bertz CT molecular complexity index is 3650. The van der Waals surface area contributed by atoms with E-state index in [-0.39, 0.29) is 47.8 Å². The lowest BCUT2D eigenvalue weighted by atomic mass is 10.0. The fourth-order valence-electron chi connectivity index (χ4n) is 16.3. The zero-order valence-corrected chi connectivity index (χ0v) is 53.4. The molecule has 8 heterocycles. The number of hydrogen-bond donors (Lipinski definition) is 4. The Morgan fingerprint density at radius 2 is 1.00 bits per heavy atom. The Morgan fingerprint density at radius 3 is 1.46 bits per heavy atom. The molecule has 0 spiro atoms. The van der Waals surface area contributed by atoms with E-state index in [0.717, 1.165) is 83.8 Å². The molecule has 29 heteroatoms.